The SMILES string of the molecule is Brc1cccc([Si](c2ccccc2)(c2ccccc2)c2cccc3c2sc2ccccc23)c1.Clc1nc(-c2ccccc2)nc(-n2c3ccccc3c3ccccc32)n1.c1ccc(-c2nc(-c3cccc([Si](c4ccccc4)(c4ccccc4)c4cccc5c4sc4ccccc45)c3)nc(-n3c4ccccc4c4ccccc43)n2)cc1. The van der Waals surface area contributed by atoms with E-state index in [9.17, 15) is 0 Å². The van der Waals surface area contributed by atoms with Crippen LogP contribution in [-0.4, -0.2) is 55.2 Å². The molecular weight excluding hydrogens is 1570 g/mol. The Hall–Kier alpha value is -13.2. The number of nitrogens with zero attached hydrogens (tertiary/aromatic N) is 8. The van der Waals surface area contributed by atoms with E-state index >= 15 is 0 Å². The van der Waals surface area contributed by atoms with Gasteiger partial charge in [-0.15, -0.1) is 22.7 Å². The number of para-hydroxylation sites is 4. The molecule has 16 aromatic carbocycles. The van der Waals surface area contributed by atoms with Gasteiger partial charge in [0.1, 0.15) is 0 Å². The molecule has 22 rings (SSSR count). The quantitative estimate of drug-likeness (QED) is 0.0844. The first-order valence-corrected chi connectivity index (χ1v) is 45.3. The summed E-state index contributed by atoms with van der Waals surface area (Å²) in [7, 11) is -5.55. The van der Waals surface area contributed by atoms with E-state index in [1.807, 2.05) is 100 Å². The van der Waals surface area contributed by atoms with Gasteiger partial charge in [-0.25, -0.2) is 4.98 Å². The second kappa shape index (κ2) is 30.9. The van der Waals surface area contributed by atoms with Crippen LogP contribution in [0.5, 0.6) is 0 Å². The van der Waals surface area contributed by atoms with Crippen LogP contribution in [0, 0.1) is 0 Å². The summed E-state index contributed by atoms with van der Waals surface area (Å²) in [6, 6.07) is 147. The van der Waals surface area contributed by atoms with E-state index in [4.69, 9.17) is 31.5 Å². The molecule has 22 aromatic rings. The Bertz CT molecular complexity index is 7210. The van der Waals surface area contributed by atoms with Crippen molar-refractivity contribution in [2.75, 3.05) is 0 Å². The molecule has 0 aliphatic carbocycles. The average Bonchev–Trinajstić information content (AvgIpc) is 1.24. The van der Waals surface area contributed by atoms with Gasteiger partial charge >= 0.3 is 0 Å². The van der Waals surface area contributed by atoms with E-state index in [2.05, 4.69) is 370 Å². The van der Waals surface area contributed by atoms with Gasteiger partial charge in [-0.05, 0) is 102 Å². The molecule has 14 heteroatoms. The molecule has 6 aromatic heterocycles. The summed E-state index contributed by atoms with van der Waals surface area (Å²) in [6.45, 7) is 0. The summed E-state index contributed by atoms with van der Waals surface area (Å²) in [5.74, 6) is 2.93. The smallest absolute Gasteiger partial charge is 0.239 e. The van der Waals surface area contributed by atoms with Crippen LogP contribution in [0.3, 0.4) is 0 Å². The number of thiophene rings is 2. The molecule has 0 radical (unpaired) electrons. The van der Waals surface area contributed by atoms with Crippen molar-refractivity contribution in [3.8, 4) is 46.1 Å². The van der Waals surface area contributed by atoms with Crippen molar-refractivity contribution in [3.63, 3.8) is 0 Å². The molecule has 0 saturated heterocycles. The number of halogens is 2. The zero-order valence-electron chi connectivity index (χ0n) is 62.4. The minimum atomic E-state index is -2.97. The highest BCUT2D eigenvalue weighted by atomic mass is 79.9. The Morgan fingerprint density at radius 2 is 0.534 bits per heavy atom. The van der Waals surface area contributed by atoms with Gasteiger partial charge in [0, 0.05) is 83.1 Å². The topological polar surface area (TPSA) is 87.2 Å². The Morgan fingerprint density at radius 3 is 0.940 bits per heavy atom. The van der Waals surface area contributed by atoms with Crippen LogP contribution in [0.4, 0.5) is 0 Å². The minimum absolute atomic E-state index is 0.177. The van der Waals surface area contributed by atoms with Gasteiger partial charge in [0.05, 0.1) is 22.1 Å². The second-order valence-corrected chi connectivity index (χ2v) is 39.5. The van der Waals surface area contributed by atoms with Gasteiger partial charge in [0.25, 0.3) is 0 Å². The van der Waals surface area contributed by atoms with Gasteiger partial charge in [0.15, 0.2) is 33.6 Å². The first-order valence-electron chi connectivity index (χ1n) is 38.5. The number of fused-ring (bicyclic) bond motifs is 12. The molecule has 0 fully saturated rings. The van der Waals surface area contributed by atoms with Crippen LogP contribution in [0.2, 0.25) is 5.28 Å². The van der Waals surface area contributed by atoms with Crippen molar-refractivity contribution in [3.05, 3.63) is 422 Å². The lowest BCUT2D eigenvalue weighted by atomic mass is 10.1. The molecule has 0 atom stereocenters. The first kappa shape index (κ1) is 71.8. The van der Waals surface area contributed by atoms with Crippen molar-refractivity contribution in [2.24, 2.45) is 0 Å². The third-order valence-corrected chi connectivity index (χ3v) is 35.2. The Labute approximate surface area is 693 Å². The van der Waals surface area contributed by atoms with E-state index in [1.54, 1.807) is 0 Å². The van der Waals surface area contributed by atoms with Gasteiger partial charge in [-0.2, -0.15) is 24.9 Å². The van der Waals surface area contributed by atoms with Crippen LogP contribution in [0.15, 0.2) is 417 Å². The minimum Gasteiger partial charge on any atom is -0.278 e. The molecule has 0 unspecified atom stereocenters. The van der Waals surface area contributed by atoms with Crippen molar-refractivity contribution in [2.45, 2.75) is 0 Å². The molecule has 8 nitrogen and oxygen atoms in total. The number of benzene rings is 16. The van der Waals surface area contributed by atoms with E-state index in [0.717, 1.165) is 64.8 Å². The molecule has 6 heterocycles. The second-order valence-electron chi connectivity index (χ2n) is 28.6. The number of hydrogen-bond acceptors (Lipinski definition) is 8. The lowest BCUT2D eigenvalue weighted by molar-refractivity contribution is 0.947. The largest absolute Gasteiger partial charge is 0.278 e. The van der Waals surface area contributed by atoms with Crippen molar-refractivity contribution in [1.82, 2.24) is 39.0 Å². The fraction of sp³-hybridized carbons (Fsp3) is 0. The number of rotatable bonds is 13. The molecule has 116 heavy (non-hydrogen) atoms. The average molecular weight is 1640 g/mol. The van der Waals surface area contributed by atoms with Gasteiger partial charge in [-0.1, -0.05) is 380 Å². The molecule has 0 bridgehead atoms. The number of aromatic nitrogens is 8. The maximum Gasteiger partial charge on any atom is 0.239 e. The highest BCUT2D eigenvalue weighted by Gasteiger charge is 2.45. The molecule has 0 aliphatic rings. The van der Waals surface area contributed by atoms with E-state index in [0.29, 0.717) is 29.4 Å². The van der Waals surface area contributed by atoms with Gasteiger partial charge in [0.2, 0.25) is 17.2 Å². The van der Waals surface area contributed by atoms with Crippen LogP contribution in [0.25, 0.3) is 130 Å². The Balaban J connectivity index is 0.000000124. The maximum absolute atomic E-state index is 6.24. The van der Waals surface area contributed by atoms with Crippen molar-refractivity contribution in [1.29, 1.82) is 0 Å². The molecular formula is C102H68BrClN8S2Si2. The first-order chi connectivity index (χ1) is 57.4. The summed E-state index contributed by atoms with van der Waals surface area (Å²) in [5, 5.41) is 21.0. The summed E-state index contributed by atoms with van der Waals surface area (Å²) < 4.78 is 10.7. The fourth-order valence-electron chi connectivity index (χ4n) is 17.1. The zero-order valence-corrected chi connectivity index (χ0v) is 68.4. The van der Waals surface area contributed by atoms with E-state index < -0.39 is 16.1 Å². The zero-order chi connectivity index (χ0) is 77.5. The van der Waals surface area contributed by atoms with Crippen molar-refractivity contribution >= 4 is 192 Å². The van der Waals surface area contributed by atoms with Crippen molar-refractivity contribution < 1.29 is 0 Å². The maximum atomic E-state index is 6.24. The number of hydrogen-bond donors (Lipinski definition) is 0. The Morgan fingerprint density at radius 1 is 0.241 bits per heavy atom. The lowest BCUT2D eigenvalue weighted by Gasteiger charge is -2.35. The third-order valence-electron chi connectivity index (χ3n) is 22.1. The fourth-order valence-corrected chi connectivity index (χ4v) is 31.1. The van der Waals surface area contributed by atoms with E-state index in [-0.39, 0.29) is 5.28 Å². The molecule has 0 N–H and O–H groups in total. The van der Waals surface area contributed by atoms with Crippen LogP contribution in [-0.2, 0) is 0 Å². The predicted octanol–water partition coefficient (Wildman–Crippen LogP) is 21.5. The highest BCUT2D eigenvalue weighted by Crippen LogP contribution is 2.38. The molecule has 0 aliphatic heterocycles. The molecule has 0 saturated carbocycles. The monoisotopic (exact) mass is 1640 g/mol. The normalized spacial score (nSPS) is 11.7. The predicted molar refractivity (Wildman–Crippen MR) is 497 cm³/mol. The summed E-state index contributed by atoms with van der Waals surface area (Å²) in [4.78, 5) is 29.2. The molecule has 0 spiro atoms. The standard InChI is InChI=1S/C51H34N4SSi.C30H21BrSSi.C21H13ClN4/c1-4-18-35(19-5-1)49-52-50(54-51(53-49)55-44-30-13-10-26-40(44)41-27-11-14-31-45(41)55)36-20-16-25-39(34-36)57(37-21-6-2-7-22-37,38-23-8-3-9-24-38)47-33-17-29-43-42-28-12-15-32-46(42)56-48(43)47;31-22-11-9-16-25(21-22)33(23-12-3-1-4-13-23,24-14-5-2-6-15-24)29-20-10-18-27-26-17-7-8-19-28(26)32-30(27)29;22-20-23-19(14-8-2-1-3-9-14)24-21(25-20)26-17-12-6-4-10-15(17)16-11-5-7-13-18(16)26/h1-34H;1-21H;1-13H. The highest BCUT2D eigenvalue weighted by molar-refractivity contribution is 9.10. The van der Waals surface area contributed by atoms with Crippen LogP contribution in [0.1, 0.15) is 0 Å². The molecule has 0 amide bonds. The van der Waals surface area contributed by atoms with Crippen LogP contribution >= 0.6 is 50.2 Å². The lowest BCUT2D eigenvalue weighted by Crippen LogP contribution is -2.74. The van der Waals surface area contributed by atoms with E-state index in [1.165, 1.54) is 81.8 Å². The summed E-state index contributed by atoms with van der Waals surface area (Å²) >= 11 is 13.8. The third kappa shape index (κ3) is 12.7. The Kier molecular flexibility index (Phi) is 19.2. The molecule has 550 valence electrons. The summed E-state index contributed by atoms with van der Waals surface area (Å²) in [6.07, 6.45) is 0. The summed E-state index contributed by atoms with van der Waals surface area (Å²) in [5.41, 5.74) is 6.97. The van der Waals surface area contributed by atoms with Gasteiger partial charge in [-0.3, -0.25) is 9.13 Å². The van der Waals surface area contributed by atoms with Gasteiger partial charge < -0.3 is 0 Å². The van der Waals surface area contributed by atoms with Crippen LogP contribution < -0.4 is 41.5 Å².